The molecule has 2 aliphatic heterocycles. The number of carbonyl (C=O) groups excluding carboxylic acids is 1. The highest BCUT2D eigenvalue weighted by Crippen LogP contribution is 2.35. The van der Waals surface area contributed by atoms with Crippen LogP contribution in [0.3, 0.4) is 0 Å². The molecule has 0 aromatic heterocycles. The van der Waals surface area contributed by atoms with Gasteiger partial charge in [0.2, 0.25) is 6.79 Å². The van der Waals surface area contributed by atoms with E-state index in [0.29, 0.717) is 23.7 Å². The summed E-state index contributed by atoms with van der Waals surface area (Å²) in [6.07, 6.45) is -0.283. The summed E-state index contributed by atoms with van der Waals surface area (Å²) in [5, 5.41) is 2.71. The fourth-order valence-corrected chi connectivity index (χ4v) is 4.11. The smallest absolute Gasteiger partial charge is 0.261 e. The molecule has 0 radical (unpaired) electrons. The third-order valence-corrected chi connectivity index (χ3v) is 5.37. The van der Waals surface area contributed by atoms with Crippen LogP contribution in [0.15, 0.2) is 18.2 Å². The minimum Gasteiger partial charge on any atom is -0.481 e. The number of rotatable bonds is 4. The van der Waals surface area contributed by atoms with Gasteiger partial charge < -0.3 is 19.5 Å². The van der Waals surface area contributed by atoms with Crippen molar-refractivity contribution in [2.75, 3.05) is 18.3 Å². The van der Waals surface area contributed by atoms with E-state index in [9.17, 15) is 13.2 Å². The lowest BCUT2D eigenvalue weighted by Crippen LogP contribution is -2.43. The van der Waals surface area contributed by atoms with Gasteiger partial charge in [-0.15, -0.1) is 0 Å². The molecule has 0 spiro atoms. The normalized spacial score (nSPS) is 23.0. The number of sulfone groups is 1. The maximum absolute atomic E-state index is 12.1. The Balaban J connectivity index is 1.57. The zero-order valence-corrected chi connectivity index (χ0v) is 12.9. The van der Waals surface area contributed by atoms with Gasteiger partial charge in [0.15, 0.2) is 27.4 Å². The molecule has 1 aromatic rings. The Morgan fingerprint density at radius 1 is 1.36 bits per heavy atom. The standard InChI is InChI=1S/C14H17NO6S/c1-9(14(16)15-10-4-5-22(17,18)7-10)21-11-2-3-12-13(6-11)20-8-19-12/h2-3,6,9-10H,4-5,7-8H2,1H3,(H,15,16). The van der Waals surface area contributed by atoms with Crippen molar-refractivity contribution in [2.24, 2.45) is 0 Å². The molecule has 7 nitrogen and oxygen atoms in total. The van der Waals surface area contributed by atoms with Crippen LogP contribution in [0.25, 0.3) is 0 Å². The van der Waals surface area contributed by atoms with Crippen LogP contribution in [0, 0.1) is 0 Å². The van der Waals surface area contributed by atoms with Crippen molar-refractivity contribution in [3.63, 3.8) is 0 Å². The second-order valence-electron chi connectivity index (χ2n) is 5.38. The van der Waals surface area contributed by atoms with E-state index in [4.69, 9.17) is 14.2 Å². The first-order valence-electron chi connectivity index (χ1n) is 7.00. The van der Waals surface area contributed by atoms with Crippen molar-refractivity contribution in [3.05, 3.63) is 18.2 Å². The summed E-state index contributed by atoms with van der Waals surface area (Å²) in [7, 11) is -3.02. The molecule has 1 N–H and O–H groups in total. The van der Waals surface area contributed by atoms with Crippen molar-refractivity contribution in [1.82, 2.24) is 5.32 Å². The zero-order valence-electron chi connectivity index (χ0n) is 12.1. The maximum atomic E-state index is 12.1. The monoisotopic (exact) mass is 327 g/mol. The predicted molar refractivity (Wildman–Crippen MR) is 77.9 cm³/mol. The minimum atomic E-state index is -3.02. The van der Waals surface area contributed by atoms with Crippen molar-refractivity contribution >= 4 is 15.7 Å². The van der Waals surface area contributed by atoms with Crippen LogP contribution < -0.4 is 19.5 Å². The van der Waals surface area contributed by atoms with E-state index >= 15 is 0 Å². The molecule has 0 aliphatic carbocycles. The molecular formula is C14H17NO6S. The van der Waals surface area contributed by atoms with Crippen LogP contribution in [0.4, 0.5) is 0 Å². The quantitative estimate of drug-likeness (QED) is 0.865. The molecule has 0 bridgehead atoms. The first kappa shape index (κ1) is 15.0. The molecular weight excluding hydrogens is 310 g/mol. The Morgan fingerprint density at radius 3 is 2.86 bits per heavy atom. The van der Waals surface area contributed by atoms with Gasteiger partial charge in [0.05, 0.1) is 11.5 Å². The number of hydrogen-bond donors (Lipinski definition) is 1. The highest BCUT2D eigenvalue weighted by molar-refractivity contribution is 7.91. The topological polar surface area (TPSA) is 90.9 Å². The third-order valence-electron chi connectivity index (χ3n) is 3.60. The Labute approximate surface area is 128 Å². The molecule has 1 amide bonds. The summed E-state index contributed by atoms with van der Waals surface area (Å²) in [4.78, 5) is 12.1. The summed E-state index contributed by atoms with van der Waals surface area (Å²) < 4.78 is 38.8. The Morgan fingerprint density at radius 2 is 2.14 bits per heavy atom. The van der Waals surface area contributed by atoms with Crippen LogP contribution in [0.5, 0.6) is 17.2 Å². The first-order valence-corrected chi connectivity index (χ1v) is 8.82. The molecule has 2 aliphatic rings. The van der Waals surface area contributed by atoms with E-state index in [2.05, 4.69) is 5.32 Å². The van der Waals surface area contributed by atoms with Crippen molar-refractivity contribution in [2.45, 2.75) is 25.5 Å². The average molecular weight is 327 g/mol. The van der Waals surface area contributed by atoms with E-state index in [0.717, 1.165) is 0 Å². The highest BCUT2D eigenvalue weighted by atomic mass is 32.2. The largest absolute Gasteiger partial charge is 0.481 e. The second kappa shape index (κ2) is 5.68. The summed E-state index contributed by atoms with van der Waals surface area (Å²) in [5.41, 5.74) is 0. The molecule has 120 valence electrons. The van der Waals surface area contributed by atoms with Gasteiger partial charge in [0, 0.05) is 12.1 Å². The molecule has 2 atom stereocenters. The van der Waals surface area contributed by atoms with Gasteiger partial charge in [-0.3, -0.25) is 4.79 Å². The molecule has 2 unspecified atom stereocenters. The summed E-state index contributed by atoms with van der Waals surface area (Å²) in [5.74, 6) is 1.49. The molecule has 1 aromatic carbocycles. The number of carbonyl (C=O) groups is 1. The molecule has 8 heteroatoms. The van der Waals surface area contributed by atoms with Gasteiger partial charge >= 0.3 is 0 Å². The number of amides is 1. The maximum Gasteiger partial charge on any atom is 0.261 e. The molecule has 0 saturated carbocycles. The van der Waals surface area contributed by atoms with Crippen LogP contribution in [0.2, 0.25) is 0 Å². The van der Waals surface area contributed by atoms with Crippen LogP contribution in [0.1, 0.15) is 13.3 Å². The van der Waals surface area contributed by atoms with Gasteiger partial charge in [0.1, 0.15) is 5.75 Å². The van der Waals surface area contributed by atoms with Gasteiger partial charge in [-0.1, -0.05) is 0 Å². The molecule has 3 rings (SSSR count). The van der Waals surface area contributed by atoms with E-state index in [1.165, 1.54) is 0 Å². The van der Waals surface area contributed by atoms with Crippen LogP contribution in [-0.2, 0) is 14.6 Å². The zero-order chi connectivity index (χ0) is 15.7. The molecule has 2 heterocycles. The van der Waals surface area contributed by atoms with Crippen LogP contribution in [-0.4, -0.2) is 44.8 Å². The van der Waals surface area contributed by atoms with E-state index in [-0.39, 0.29) is 30.2 Å². The number of fused-ring (bicyclic) bond motifs is 1. The number of ether oxygens (including phenoxy) is 3. The SMILES string of the molecule is CC(Oc1ccc2c(c1)OCO2)C(=O)NC1CCS(=O)(=O)C1. The minimum absolute atomic E-state index is 0.00448. The highest BCUT2D eigenvalue weighted by Gasteiger charge is 2.30. The van der Waals surface area contributed by atoms with E-state index < -0.39 is 15.9 Å². The average Bonchev–Trinajstić information content (AvgIpc) is 3.04. The number of nitrogens with one attached hydrogen (secondary N) is 1. The fraction of sp³-hybridized carbons (Fsp3) is 0.500. The summed E-state index contributed by atoms with van der Waals surface area (Å²) in [6.45, 7) is 1.79. The number of hydrogen-bond acceptors (Lipinski definition) is 6. The fourth-order valence-electron chi connectivity index (χ4n) is 2.44. The van der Waals surface area contributed by atoms with E-state index in [1.807, 2.05) is 0 Å². The molecule has 22 heavy (non-hydrogen) atoms. The van der Waals surface area contributed by atoms with E-state index in [1.54, 1.807) is 25.1 Å². The van der Waals surface area contributed by atoms with Gasteiger partial charge in [0.25, 0.3) is 5.91 Å². The Bertz CT molecular complexity index is 687. The predicted octanol–water partition coefficient (Wildman–Crippen LogP) is 0.486. The number of benzene rings is 1. The third kappa shape index (κ3) is 3.27. The van der Waals surface area contributed by atoms with Gasteiger partial charge in [-0.05, 0) is 25.5 Å². The van der Waals surface area contributed by atoms with Gasteiger partial charge in [-0.25, -0.2) is 8.42 Å². The van der Waals surface area contributed by atoms with Crippen molar-refractivity contribution in [3.8, 4) is 17.2 Å². The van der Waals surface area contributed by atoms with Crippen molar-refractivity contribution in [1.29, 1.82) is 0 Å². The lowest BCUT2D eigenvalue weighted by molar-refractivity contribution is -0.127. The summed E-state index contributed by atoms with van der Waals surface area (Å²) in [6, 6.07) is 4.73. The first-order chi connectivity index (χ1) is 10.4. The lowest BCUT2D eigenvalue weighted by Gasteiger charge is -2.17. The molecule has 1 fully saturated rings. The van der Waals surface area contributed by atoms with Crippen molar-refractivity contribution < 1.29 is 27.4 Å². The summed E-state index contributed by atoms with van der Waals surface area (Å²) >= 11 is 0. The Kier molecular flexibility index (Phi) is 3.86. The Hall–Kier alpha value is -1.96. The van der Waals surface area contributed by atoms with Gasteiger partial charge in [-0.2, -0.15) is 0 Å². The molecule has 1 saturated heterocycles. The lowest BCUT2D eigenvalue weighted by atomic mass is 10.2. The van der Waals surface area contributed by atoms with Crippen LogP contribution >= 0.6 is 0 Å². The second-order valence-corrected chi connectivity index (χ2v) is 7.61.